The van der Waals surface area contributed by atoms with E-state index in [1.165, 1.54) is 29.8 Å². The Kier molecular flexibility index (Phi) is 4.28. The fraction of sp³-hybridized carbons (Fsp3) is 0.286. The zero-order valence-electron chi connectivity index (χ0n) is 10.6. The second-order valence-electron chi connectivity index (χ2n) is 4.37. The number of hydrogen-bond acceptors (Lipinski definition) is 3. The van der Waals surface area contributed by atoms with Crippen molar-refractivity contribution in [1.29, 1.82) is 0 Å². The Hall–Kier alpha value is -2.17. The number of amides is 1. The SMILES string of the molecule is CC1=CC(=NNC(=O)COc2ccc(F)cc2)CC1. The number of nitrogens with one attached hydrogen (secondary N) is 1. The Balaban J connectivity index is 1.77. The van der Waals surface area contributed by atoms with Crippen LogP contribution in [0.2, 0.25) is 0 Å². The van der Waals surface area contributed by atoms with E-state index in [-0.39, 0.29) is 18.3 Å². The van der Waals surface area contributed by atoms with E-state index in [0.29, 0.717) is 5.75 Å². The van der Waals surface area contributed by atoms with Gasteiger partial charge in [-0.15, -0.1) is 0 Å². The van der Waals surface area contributed by atoms with E-state index < -0.39 is 0 Å². The lowest BCUT2D eigenvalue weighted by Crippen LogP contribution is -2.25. The van der Waals surface area contributed by atoms with Crippen molar-refractivity contribution in [2.45, 2.75) is 19.8 Å². The van der Waals surface area contributed by atoms with Crippen LogP contribution in [0.15, 0.2) is 41.0 Å². The number of carbonyl (C=O) groups excluding carboxylic acids is 1. The van der Waals surface area contributed by atoms with Crippen molar-refractivity contribution in [1.82, 2.24) is 5.43 Å². The molecule has 0 aromatic heterocycles. The molecule has 1 aromatic carbocycles. The van der Waals surface area contributed by atoms with Gasteiger partial charge in [0.15, 0.2) is 6.61 Å². The fourth-order valence-electron chi connectivity index (χ4n) is 1.69. The Morgan fingerprint density at radius 3 is 2.74 bits per heavy atom. The number of allylic oxidation sites excluding steroid dienone is 2. The van der Waals surface area contributed by atoms with Gasteiger partial charge in [-0.3, -0.25) is 4.79 Å². The van der Waals surface area contributed by atoms with E-state index in [4.69, 9.17) is 4.74 Å². The molecule has 1 aliphatic rings. The van der Waals surface area contributed by atoms with Crippen molar-refractivity contribution in [2.75, 3.05) is 6.61 Å². The summed E-state index contributed by atoms with van der Waals surface area (Å²) < 4.78 is 17.8. The predicted octanol–water partition coefficient (Wildman–Crippen LogP) is 2.42. The van der Waals surface area contributed by atoms with E-state index in [2.05, 4.69) is 10.5 Å². The third-order valence-corrected chi connectivity index (χ3v) is 2.70. The van der Waals surface area contributed by atoms with Crippen molar-refractivity contribution in [2.24, 2.45) is 5.10 Å². The number of benzene rings is 1. The molecule has 0 fully saturated rings. The Morgan fingerprint density at radius 2 is 2.11 bits per heavy atom. The highest BCUT2D eigenvalue weighted by atomic mass is 19.1. The number of hydrogen-bond donors (Lipinski definition) is 1. The average molecular weight is 262 g/mol. The molecule has 1 N–H and O–H groups in total. The zero-order chi connectivity index (χ0) is 13.7. The minimum atomic E-state index is -0.341. The summed E-state index contributed by atoms with van der Waals surface area (Å²) in [5, 5.41) is 4.00. The molecule has 0 radical (unpaired) electrons. The van der Waals surface area contributed by atoms with E-state index in [9.17, 15) is 9.18 Å². The van der Waals surface area contributed by atoms with Crippen LogP contribution in [0.4, 0.5) is 4.39 Å². The summed E-state index contributed by atoms with van der Waals surface area (Å²) in [7, 11) is 0. The Labute approximate surface area is 111 Å². The van der Waals surface area contributed by atoms with Gasteiger partial charge in [-0.05, 0) is 50.1 Å². The van der Waals surface area contributed by atoms with Crippen molar-refractivity contribution in [3.05, 3.63) is 41.7 Å². The third kappa shape index (κ3) is 4.21. The fourth-order valence-corrected chi connectivity index (χ4v) is 1.69. The molecule has 0 saturated carbocycles. The summed E-state index contributed by atoms with van der Waals surface area (Å²) in [6.45, 7) is 1.88. The highest BCUT2D eigenvalue weighted by molar-refractivity contribution is 5.98. The van der Waals surface area contributed by atoms with E-state index in [1.54, 1.807) is 0 Å². The number of nitrogens with zero attached hydrogens (tertiary/aromatic N) is 1. The van der Waals surface area contributed by atoms with Crippen LogP contribution in [0.3, 0.4) is 0 Å². The minimum Gasteiger partial charge on any atom is -0.484 e. The molecule has 0 aliphatic heterocycles. The lowest BCUT2D eigenvalue weighted by Gasteiger charge is -2.04. The van der Waals surface area contributed by atoms with Gasteiger partial charge in [0.25, 0.3) is 5.91 Å². The minimum absolute atomic E-state index is 0.148. The first-order valence-electron chi connectivity index (χ1n) is 6.04. The molecule has 1 aromatic rings. The molecule has 0 heterocycles. The van der Waals surface area contributed by atoms with Crippen LogP contribution in [0.1, 0.15) is 19.8 Å². The van der Waals surface area contributed by atoms with Crippen molar-refractivity contribution in [3.63, 3.8) is 0 Å². The van der Waals surface area contributed by atoms with Gasteiger partial charge in [0, 0.05) is 0 Å². The lowest BCUT2D eigenvalue weighted by atomic mass is 10.3. The molecule has 100 valence electrons. The van der Waals surface area contributed by atoms with E-state index >= 15 is 0 Å². The van der Waals surface area contributed by atoms with Crippen molar-refractivity contribution >= 4 is 11.6 Å². The molecule has 19 heavy (non-hydrogen) atoms. The molecular formula is C14H15FN2O2. The summed E-state index contributed by atoms with van der Waals surface area (Å²) >= 11 is 0. The smallest absolute Gasteiger partial charge is 0.277 e. The molecule has 0 spiro atoms. The Bertz CT molecular complexity index is 521. The molecule has 1 amide bonds. The number of carbonyl (C=O) groups is 1. The summed E-state index contributed by atoms with van der Waals surface area (Å²) in [5.41, 5.74) is 4.56. The van der Waals surface area contributed by atoms with Crippen molar-refractivity contribution < 1.29 is 13.9 Å². The zero-order valence-corrected chi connectivity index (χ0v) is 10.6. The molecule has 0 saturated heterocycles. The second kappa shape index (κ2) is 6.13. The van der Waals surface area contributed by atoms with Crippen LogP contribution < -0.4 is 10.2 Å². The van der Waals surface area contributed by atoms with Gasteiger partial charge < -0.3 is 4.74 Å². The normalized spacial score (nSPS) is 16.3. The van der Waals surface area contributed by atoms with Crippen LogP contribution in [-0.4, -0.2) is 18.2 Å². The van der Waals surface area contributed by atoms with Gasteiger partial charge in [-0.1, -0.05) is 5.57 Å². The lowest BCUT2D eigenvalue weighted by molar-refractivity contribution is -0.123. The largest absolute Gasteiger partial charge is 0.484 e. The monoisotopic (exact) mass is 262 g/mol. The number of hydrazone groups is 1. The Morgan fingerprint density at radius 1 is 1.37 bits per heavy atom. The van der Waals surface area contributed by atoms with E-state index in [1.807, 2.05) is 13.0 Å². The molecule has 0 unspecified atom stereocenters. The standard InChI is InChI=1S/C14H15FN2O2/c1-10-2-5-12(8-10)16-17-14(18)9-19-13-6-3-11(15)4-7-13/h3-4,6-8H,2,5,9H2,1H3,(H,17,18). The van der Waals surface area contributed by atoms with Crippen molar-refractivity contribution in [3.8, 4) is 5.75 Å². The third-order valence-electron chi connectivity index (χ3n) is 2.70. The molecule has 4 nitrogen and oxygen atoms in total. The second-order valence-corrected chi connectivity index (χ2v) is 4.37. The average Bonchev–Trinajstić information content (AvgIpc) is 2.81. The van der Waals surface area contributed by atoms with Crippen LogP contribution >= 0.6 is 0 Å². The van der Waals surface area contributed by atoms with E-state index in [0.717, 1.165) is 18.6 Å². The molecular weight excluding hydrogens is 247 g/mol. The molecule has 0 bridgehead atoms. The van der Waals surface area contributed by atoms with Crippen LogP contribution in [0.5, 0.6) is 5.75 Å². The predicted molar refractivity (Wildman–Crippen MR) is 70.5 cm³/mol. The topological polar surface area (TPSA) is 50.7 Å². The van der Waals surface area contributed by atoms with Gasteiger partial charge in [-0.2, -0.15) is 5.10 Å². The summed E-state index contributed by atoms with van der Waals surface area (Å²) in [4.78, 5) is 11.5. The summed E-state index contributed by atoms with van der Waals surface area (Å²) in [5.74, 6) is -0.234. The summed E-state index contributed by atoms with van der Waals surface area (Å²) in [6, 6.07) is 5.49. The first-order valence-corrected chi connectivity index (χ1v) is 6.04. The maximum atomic E-state index is 12.7. The number of ether oxygens (including phenoxy) is 1. The molecule has 2 rings (SSSR count). The van der Waals surface area contributed by atoms with Gasteiger partial charge in [0.2, 0.25) is 0 Å². The van der Waals surface area contributed by atoms with Gasteiger partial charge >= 0.3 is 0 Å². The quantitative estimate of drug-likeness (QED) is 0.847. The summed E-state index contributed by atoms with van der Waals surface area (Å²) in [6.07, 6.45) is 3.80. The van der Waals surface area contributed by atoms with Crippen LogP contribution in [0.25, 0.3) is 0 Å². The maximum Gasteiger partial charge on any atom is 0.277 e. The first-order chi connectivity index (χ1) is 9.13. The number of halogens is 1. The first kappa shape index (κ1) is 13.3. The molecule has 0 atom stereocenters. The van der Waals surface area contributed by atoms with Gasteiger partial charge in [-0.25, -0.2) is 9.82 Å². The van der Waals surface area contributed by atoms with Crippen LogP contribution in [0, 0.1) is 5.82 Å². The number of rotatable bonds is 4. The molecule has 1 aliphatic carbocycles. The highest BCUT2D eigenvalue weighted by Crippen LogP contribution is 2.14. The maximum absolute atomic E-state index is 12.7. The van der Waals surface area contributed by atoms with Gasteiger partial charge in [0.1, 0.15) is 11.6 Å². The molecule has 5 heteroatoms. The van der Waals surface area contributed by atoms with Crippen LogP contribution in [-0.2, 0) is 4.79 Å². The highest BCUT2D eigenvalue weighted by Gasteiger charge is 2.07. The van der Waals surface area contributed by atoms with Gasteiger partial charge in [0.05, 0.1) is 5.71 Å².